The molecule has 1 N–H and O–H groups in total. The third-order valence-corrected chi connectivity index (χ3v) is 4.30. The first-order valence-corrected chi connectivity index (χ1v) is 8.02. The van der Waals surface area contributed by atoms with Gasteiger partial charge in [0.25, 0.3) is 0 Å². The Bertz CT molecular complexity index is 609. The number of hydrogen-bond donors (Lipinski definition) is 1. The zero-order valence-electron chi connectivity index (χ0n) is 13.1. The molecular formula is C19H22ClNO. The van der Waals surface area contributed by atoms with Crippen LogP contribution < -0.4 is 5.32 Å². The van der Waals surface area contributed by atoms with Gasteiger partial charge in [0.05, 0.1) is 5.54 Å². The predicted molar refractivity (Wildman–Crippen MR) is 92.6 cm³/mol. The van der Waals surface area contributed by atoms with Crippen molar-refractivity contribution in [2.75, 3.05) is 7.05 Å². The van der Waals surface area contributed by atoms with Crippen molar-refractivity contribution in [1.29, 1.82) is 0 Å². The van der Waals surface area contributed by atoms with Crippen molar-refractivity contribution in [3.05, 3.63) is 70.7 Å². The maximum atomic E-state index is 13.1. The molecule has 0 heterocycles. The molecule has 0 saturated carbocycles. The van der Waals surface area contributed by atoms with E-state index in [2.05, 4.69) is 24.4 Å². The van der Waals surface area contributed by atoms with E-state index in [1.54, 1.807) is 24.3 Å². The fraction of sp³-hybridized carbons (Fsp3) is 0.316. The first kappa shape index (κ1) is 16.7. The van der Waals surface area contributed by atoms with E-state index in [1.165, 1.54) is 0 Å². The third kappa shape index (κ3) is 3.76. The molecule has 22 heavy (non-hydrogen) atoms. The van der Waals surface area contributed by atoms with Gasteiger partial charge in [-0.2, -0.15) is 0 Å². The van der Waals surface area contributed by atoms with Crippen molar-refractivity contribution in [3.63, 3.8) is 0 Å². The molecule has 3 heteroatoms. The van der Waals surface area contributed by atoms with Crippen LogP contribution in [0.5, 0.6) is 0 Å². The van der Waals surface area contributed by atoms with Gasteiger partial charge in [-0.3, -0.25) is 4.79 Å². The number of benzene rings is 2. The maximum absolute atomic E-state index is 13.1. The van der Waals surface area contributed by atoms with E-state index in [9.17, 15) is 4.79 Å². The summed E-state index contributed by atoms with van der Waals surface area (Å²) < 4.78 is 0. The number of nitrogens with one attached hydrogen (secondary N) is 1. The number of hydrogen-bond acceptors (Lipinski definition) is 2. The molecule has 0 radical (unpaired) electrons. The molecule has 2 aromatic carbocycles. The van der Waals surface area contributed by atoms with Gasteiger partial charge in [0.1, 0.15) is 0 Å². The molecule has 0 aliphatic carbocycles. The van der Waals surface area contributed by atoms with Crippen molar-refractivity contribution in [2.45, 2.75) is 31.7 Å². The van der Waals surface area contributed by atoms with E-state index >= 15 is 0 Å². The normalized spacial score (nSPS) is 13.6. The second kappa shape index (κ2) is 7.57. The summed E-state index contributed by atoms with van der Waals surface area (Å²) in [5.41, 5.74) is 1.28. The van der Waals surface area contributed by atoms with Crippen molar-refractivity contribution in [3.8, 4) is 0 Å². The Morgan fingerprint density at radius 2 is 1.73 bits per heavy atom. The lowest BCUT2D eigenvalue weighted by molar-refractivity contribution is 0.0844. The molecule has 0 saturated heterocycles. The summed E-state index contributed by atoms with van der Waals surface area (Å²) >= 11 is 5.93. The molecule has 2 rings (SSSR count). The zero-order valence-corrected chi connectivity index (χ0v) is 13.9. The van der Waals surface area contributed by atoms with Gasteiger partial charge < -0.3 is 5.32 Å². The van der Waals surface area contributed by atoms with Gasteiger partial charge in [-0.1, -0.05) is 55.3 Å². The molecule has 2 nitrogen and oxygen atoms in total. The van der Waals surface area contributed by atoms with E-state index < -0.39 is 5.54 Å². The van der Waals surface area contributed by atoms with E-state index in [-0.39, 0.29) is 5.78 Å². The highest BCUT2D eigenvalue weighted by molar-refractivity contribution is 6.30. The van der Waals surface area contributed by atoms with Crippen LogP contribution in [0.25, 0.3) is 0 Å². The summed E-state index contributed by atoms with van der Waals surface area (Å²) in [6.07, 6.45) is 2.41. The summed E-state index contributed by atoms with van der Waals surface area (Å²) in [7, 11) is 1.87. The first-order valence-electron chi connectivity index (χ1n) is 7.64. The van der Waals surface area contributed by atoms with Crippen molar-refractivity contribution in [2.24, 2.45) is 0 Å². The van der Waals surface area contributed by atoms with Crippen LogP contribution in [0.4, 0.5) is 0 Å². The Hall–Kier alpha value is -1.64. The summed E-state index contributed by atoms with van der Waals surface area (Å²) in [5, 5.41) is 3.94. The fourth-order valence-electron chi connectivity index (χ4n) is 2.86. The summed E-state index contributed by atoms with van der Waals surface area (Å²) in [6, 6.07) is 17.3. The minimum atomic E-state index is -0.579. The molecule has 0 spiro atoms. The third-order valence-electron chi connectivity index (χ3n) is 4.05. The number of halogens is 1. The van der Waals surface area contributed by atoms with Crippen LogP contribution in [0.2, 0.25) is 5.02 Å². The first-order chi connectivity index (χ1) is 10.6. The largest absolute Gasteiger partial charge is 0.307 e. The zero-order chi connectivity index (χ0) is 16.0. The second-order valence-corrected chi connectivity index (χ2v) is 6.02. The molecule has 2 aromatic rings. The van der Waals surface area contributed by atoms with E-state index in [1.807, 2.05) is 25.2 Å². The van der Waals surface area contributed by atoms with Crippen LogP contribution in [0.15, 0.2) is 54.6 Å². The number of carbonyl (C=O) groups excluding carboxylic acids is 1. The van der Waals surface area contributed by atoms with Gasteiger partial charge in [-0.25, -0.2) is 0 Å². The fourth-order valence-corrected chi connectivity index (χ4v) is 2.98. The van der Waals surface area contributed by atoms with Crippen molar-refractivity contribution < 1.29 is 4.79 Å². The van der Waals surface area contributed by atoms with Gasteiger partial charge >= 0.3 is 0 Å². The summed E-state index contributed by atoms with van der Waals surface area (Å²) in [4.78, 5) is 13.1. The van der Waals surface area contributed by atoms with E-state index in [0.717, 1.165) is 18.4 Å². The smallest absolute Gasteiger partial charge is 0.183 e. The molecule has 0 bridgehead atoms. The van der Waals surface area contributed by atoms with Crippen molar-refractivity contribution >= 4 is 17.4 Å². The van der Waals surface area contributed by atoms with Gasteiger partial charge in [-0.05, 0) is 49.7 Å². The highest BCUT2D eigenvalue weighted by Crippen LogP contribution is 2.25. The monoisotopic (exact) mass is 315 g/mol. The molecule has 1 unspecified atom stereocenters. The molecule has 1 atom stereocenters. The maximum Gasteiger partial charge on any atom is 0.183 e. The summed E-state index contributed by atoms with van der Waals surface area (Å²) in [6.45, 7) is 2.10. The highest BCUT2D eigenvalue weighted by Gasteiger charge is 2.36. The lowest BCUT2D eigenvalue weighted by atomic mass is 9.80. The number of rotatable bonds is 7. The lowest BCUT2D eigenvalue weighted by Crippen LogP contribution is -2.52. The minimum absolute atomic E-state index is 0.123. The van der Waals surface area contributed by atoms with Crippen LogP contribution in [0, 0.1) is 0 Å². The average molecular weight is 316 g/mol. The molecule has 0 aromatic heterocycles. The molecule has 0 amide bonds. The number of Topliss-reactive ketones (excluding diaryl/α,β-unsaturated/α-hetero) is 1. The van der Waals surface area contributed by atoms with Crippen LogP contribution in [-0.4, -0.2) is 18.4 Å². The topological polar surface area (TPSA) is 29.1 Å². The predicted octanol–water partition coefficient (Wildman–Crippen LogP) is 4.52. The quantitative estimate of drug-likeness (QED) is 0.761. The second-order valence-electron chi connectivity index (χ2n) is 5.58. The number of carbonyl (C=O) groups is 1. The van der Waals surface area contributed by atoms with Gasteiger partial charge in [0.2, 0.25) is 0 Å². The number of likely N-dealkylation sites (N-methyl/N-ethyl adjacent to an activating group) is 1. The van der Waals surface area contributed by atoms with Crippen LogP contribution in [-0.2, 0) is 6.42 Å². The lowest BCUT2D eigenvalue weighted by Gasteiger charge is -2.32. The standard InChI is InChI=1S/C19H22ClNO/c1-3-13-19(21-2,14-15-7-5-4-6-8-15)18(22)16-9-11-17(20)12-10-16/h4-12,21H,3,13-14H2,1-2H3. The molecular weight excluding hydrogens is 294 g/mol. The van der Waals surface area contributed by atoms with Gasteiger partial charge in [0, 0.05) is 10.6 Å². The summed E-state index contributed by atoms with van der Waals surface area (Å²) in [5.74, 6) is 0.123. The average Bonchev–Trinajstić information content (AvgIpc) is 2.55. The van der Waals surface area contributed by atoms with Crippen LogP contribution in [0.3, 0.4) is 0 Å². The molecule has 0 fully saturated rings. The van der Waals surface area contributed by atoms with Crippen molar-refractivity contribution in [1.82, 2.24) is 5.32 Å². The Balaban J connectivity index is 2.35. The highest BCUT2D eigenvalue weighted by atomic mass is 35.5. The Morgan fingerprint density at radius 3 is 2.27 bits per heavy atom. The molecule has 0 aliphatic heterocycles. The molecule has 0 aliphatic rings. The van der Waals surface area contributed by atoms with Crippen LogP contribution >= 0.6 is 11.6 Å². The van der Waals surface area contributed by atoms with Gasteiger partial charge in [-0.15, -0.1) is 0 Å². The van der Waals surface area contributed by atoms with Crippen LogP contribution in [0.1, 0.15) is 35.7 Å². The van der Waals surface area contributed by atoms with E-state index in [0.29, 0.717) is 17.0 Å². The SMILES string of the molecule is CCCC(Cc1ccccc1)(NC)C(=O)c1ccc(Cl)cc1. The van der Waals surface area contributed by atoms with E-state index in [4.69, 9.17) is 11.6 Å². The number of ketones is 1. The Kier molecular flexibility index (Phi) is 5.76. The van der Waals surface area contributed by atoms with Gasteiger partial charge in [0.15, 0.2) is 5.78 Å². The molecule has 116 valence electrons. The Labute approximate surface area is 137 Å². The minimum Gasteiger partial charge on any atom is -0.307 e. The Morgan fingerprint density at radius 1 is 1.09 bits per heavy atom.